The number of carboxylic acids is 1. The van der Waals surface area contributed by atoms with Crippen LogP contribution in [0.5, 0.6) is 5.75 Å². The summed E-state index contributed by atoms with van der Waals surface area (Å²) in [7, 11) is 1.50. The van der Waals surface area contributed by atoms with Gasteiger partial charge in [-0.2, -0.15) is 0 Å². The molecule has 134 valence electrons. The molecule has 4 N–H and O–H groups in total. The van der Waals surface area contributed by atoms with Gasteiger partial charge < -0.3 is 20.3 Å². The predicted molar refractivity (Wildman–Crippen MR) is 91.5 cm³/mol. The van der Waals surface area contributed by atoms with Crippen LogP contribution >= 0.6 is 0 Å². The first kappa shape index (κ1) is 19.8. The first-order chi connectivity index (χ1) is 10.9. The zero-order valence-corrected chi connectivity index (χ0v) is 15.0. The lowest BCUT2D eigenvalue weighted by Crippen LogP contribution is -2.47. The number of rotatable bonds is 5. The molecule has 0 heterocycles. The van der Waals surface area contributed by atoms with E-state index in [9.17, 15) is 14.7 Å². The second-order valence-electron chi connectivity index (χ2n) is 7.08. The molecule has 0 aromatic heterocycles. The average molecular weight is 338 g/mol. The summed E-state index contributed by atoms with van der Waals surface area (Å²) in [5.74, 6) is -0.601. The Morgan fingerprint density at radius 2 is 1.79 bits per heavy atom. The third-order valence-corrected chi connectivity index (χ3v) is 3.60. The maximum atomic E-state index is 12.1. The lowest BCUT2D eigenvalue weighted by Gasteiger charge is -2.31. The number of nitrogens with two attached hydrogens (primary N) is 1. The van der Waals surface area contributed by atoms with Crippen molar-refractivity contribution in [2.45, 2.75) is 51.7 Å². The summed E-state index contributed by atoms with van der Waals surface area (Å²) in [5.41, 5.74) is 5.20. The molecule has 1 atom stereocenters. The fraction of sp³-hybridized carbons (Fsp3) is 0.529. The highest BCUT2D eigenvalue weighted by atomic mass is 16.6. The summed E-state index contributed by atoms with van der Waals surface area (Å²) in [6.45, 7) is 8.66. The van der Waals surface area contributed by atoms with Crippen LogP contribution in [0.4, 0.5) is 10.5 Å². The van der Waals surface area contributed by atoms with Crippen molar-refractivity contribution in [3.63, 3.8) is 0 Å². The van der Waals surface area contributed by atoms with Gasteiger partial charge in [-0.25, -0.2) is 4.79 Å². The molecular formula is C17H26N2O5. The molecule has 7 heteroatoms. The summed E-state index contributed by atoms with van der Waals surface area (Å²) < 4.78 is 10.4. The van der Waals surface area contributed by atoms with Crippen LogP contribution in [0.15, 0.2) is 18.2 Å². The Hall–Kier alpha value is -2.28. The smallest absolute Gasteiger partial charge is 0.412 e. The van der Waals surface area contributed by atoms with E-state index in [2.05, 4.69) is 5.32 Å². The Morgan fingerprint density at radius 1 is 1.21 bits per heavy atom. The molecule has 0 saturated heterocycles. The van der Waals surface area contributed by atoms with Crippen molar-refractivity contribution in [1.82, 2.24) is 0 Å². The highest BCUT2D eigenvalue weighted by molar-refractivity contribution is 5.87. The standard InChI is InChI=1S/C17H26N2O5/c1-16(2,3)24-15(22)19-12-8-7-10(23-6)9-11(12)17(4,5)13(18)14(20)21/h7-9,13H,18H2,1-6H3,(H,19,22)(H,20,21). The summed E-state index contributed by atoms with van der Waals surface area (Å²) in [6, 6.07) is 3.80. The van der Waals surface area contributed by atoms with Gasteiger partial charge in [0.25, 0.3) is 0 Å². The van der Waals surface area contributed by atoms with Gasteiger partial charge in [0.15, 0.2) is 0 Å². The van der Waals surface area contributed by atoms with Crippen LogP contribution in [0.25, 0.3) is 0 Å². The number of carbonyl (C=O) groups excluding carboxylic acids is 1. The molecule has 0 spiro atoms. The first-order valence-corrected chi connectivity index (χ1v) is 7.55. The van der Waals surface area contributed by atoms with E-state index in [1.54, 1.807) is 52.8 Å². The Morgan fingerprint density at radius 3 is 2.25 bits per heavy atom. The number of hydrogen-bond acceptors (Lipinski definition) is 5. The lowest BCUT2D eigenvalue weighted by atomic mass is 9.77. The number of carbonyl (C=O) groups is 2. The molecule has 1 aromatic rings. The van der Waals surface area contributed by atoms with Gasteiger partial charge in [0.2, 0.25) is 0 Å². The van der Waals surface area contributed by atoms with Gasteiger partial charge in [0.1, 0.15) is 17.4 Å². The summed E-state index contributed by atoms with van der Waals surface area (Å²) in [4.78, 5) is 23.4. The van der Waals surface area contributed by atoms with Crippen molar-refractivity contribution in [3.05, 3.63) is 23.8 Å². The molecule has 7 nitrogen and oxygen atoms in total. The summed E-state index contributed by atoms with van der Waals surface area (Å²) >= 11 is 0. The first-order valence-electron chi connectivity index (χ1n) is 7.55. The van der Waals surface area contributed by atoms with Crippen LogP contribution in [0.1, 0.15) is 40.2 Å². The molecule has 1 rings (SSSR count). The van der Waals surface area contributed by atoms with E-state index >= 15 is 0 Å². The Balaban J connectivity index is 3.27. The zero-order chi connectivity index (χ0) is 18.7. The SMILES string of the molecule is COc1ccc(NC(=O)OC(C)(C)C)c(C(C)(C)C(N)C(=O)O)c1. The lowest BCUT2D eigenvalue weighted by molar-refractivity contribution is -0.140. The number of anilines is 1. The van der Waals surface area contributed by atoms with Crippen molar-refractivity contribution in [2.24, 2.45) is 5.73 Å². The Kier molecular flexibility index (Phi) is 5.84. The molecule has 0 aliphatic carbocycles. The molecule has 1 amide bonds. The summed E-state index contributed by atoms with van der Waals surface area (Å²) in [6.07, 6.45) is -0.631. The van der Waals surface area contributed by atoms with Crippen LogP contribution in [0.3, 0.4) is 0 Å². The van der Waals surface area contributed by atoms with Crippen molar-refractivity contribution < 1.29 is 24.2 Å². The molecule has 0 fully saturated rings. The number of nitrogens with one attached hydrogen (secondary N) is 1. The minimum absolute atomic E-state index is 0.423. The van der Waals surface area contributed by atoms with Gasteiger partial charge in [0, 0.05) is 11.1 Å². The fourth-order valence-electron chi connectivity index (χ4n) is 2.18. The van der Waals surface area contributed by atoms with Crippen molar-refractivity contribution in [3.8, 4) is 5.75 Å². The van der Waals surface area contributed by atoms with E-state index in [1.807, 2.05) is 0 Å². The topological polar surface area (TPSA) is 111 Å². The van der Waals surface area contributed by atoms with E-state index in [1.165, 1.54) is 7.11 Å². The highest BCUT2D eigenvalue weighted by Crippen LogP contribution is 2.35. The number of benzene rings is 1. The fourth-order valence-corrected chi connectivity index (χ4v) is 2.18. The second kappa shape index (κ2) is 7.09. The Labute approximate surface area is 142 Å². The van der Waals surface area contributed by atoms with Crippen LogP contribution < -0.4 is 15.8 Å². The van der Waals surface area contributed by atoms with E-state index in [-0.39, 0.29) is 0 Å². The normalized spacial score (nSPS) is 13.1. The number of ether oxygens (including phenoxy) is 2. The van der Waals surface area contributed by atoms with Crippen molar-refractivity contribution in [1.29, 1.82) is 0 Å². The molecular weight excluding hydrogens is 312 g/mol. The van der Waals surface area contributed by atoms with Gasteiger partial charge in [-0.3, -0.25) is 10.1 Å². The van der Waals surface area contributed by atoms with Crippen LogP contribution in [-0.2, 0) is 14.9 Å². The number of carboxylic acid groups (broad SMARTS) is 1. The Bertz CT molecular complexity index is 620. The third-order valence-electron chi connectivity index (χ3n) is 3.60. The van der Waals surface area contributed by atoms with E-state index in [0.717, 1.165) is 0 Å². The van der Waals surface area contributed by atoms with Crippen molar-refractivity contribution in [2.75, 3.05) is 12.4 Å². The number of amides is 1. The zero-order valence-electron chi connectivity index (χ0n) is 15.0. The minimum atomic E-state index is -1.16. The van der Waals surface area contributed by atoms with Crippen molar-refractivity contribution >= 4 is 17.7 Å². The number of methoxy groups -OCH3 is 1. The summed E-state index contributed by atoms with van der Waals surface area (Å²) in [5, 5.41) is 11.9. The maximum absolute atomic E-state index is 12.1. The van der Waals surface area contributed by atoms with Crippen LogP contribution in [0.2, 0.25) is 0 Å². The van der Waals surface area contributed by atoms with Gasteiger partial charge in [-0.05, 0) is 44.5 Å². The van der Waals surface area contributed by atoms with E-state index in [4.69, 9.17) is 15.2 Å². The maximum Gasteiger partial charge on any atom is 0.412 e. The highest BCUT2D eigenvalue weighted by Gasteiger charge is 2.36. The van der Waals surface area contributed by atoms with E-state index < -0.39 is 29.1 Å². The van der Waals surface area contributed by atoms with Gasteiger partial charge in [0.05, 0.1) is 7.11 Å². The predicted octanol–water partition coefficient (Wildman–Crippen LogP) is 2.73. The van der Waals surface area contributed by atoms with E-state index in [0.29, 0.717) is 17.0 Å². The van der Waals surface area contributed by atoms with Gasteiger partial charge in [-0.1, -0.05) is 13.8 Å². The molecule has 1 aromatic carbocycles. The molecule has 1 unspecified atom stereocenters. The number of aliphatic carboxylic acids is 1. The average Bonchev–Trinajstić information content (AvgIpc) is 2.44. The number of hydrogen-bond donors (Lipinski definition) is 3. The van der Waals surface area contributed by atoms with Crippen LogP contribution in [-0.4, -0.2) is 35.9 Å². The van der Waals surface area contributed by atoms with Gasteiger partial charge in [-0.15, -0.1) is 0 Å². The quantitative estimate of drug-likeness (QED) is 0.761. The molecule has 0 radical (unpaired) electrons. The second-order valence-corrected chi connectivity index (χ2v) is 7.08. The monoisotopic (exact) mass is 338 g/mol. The largest absolute Gasteiger partial charge is 0.497 e. The molecule has 0 aliphatic rings. The third kappa shape index (κ3) is 4.86. The van der Waals surface area contributed by atoms with Gasteiger partial charge >= 0.3 is 12.1 Å². The molecule has 0 bridgehead atoms. The molecule has 0 saturated carbocycles. The van der Waals surface area contributed by atoms with Crippen LogP contribution in [0, 0.1) is 0 Å². The molecule has 0 aliphatic heterocycles. The minimum Gasteiger partial charge on any atom is -0.497 e. The molecule has 24 heavy (non-hydrogen) atoms.